The third-order valence-electron chi connectivity index (χ3n) is 3.32. The molecule has 0 unspecified atom stereocenters. The fraction of sp³-hybridized carbons (Fsp3) is 0.727. The minimum absolute atomic E-state index is 0.0591. The standard InChI is InChI=1S/C11H16N2O3S/c1-11(2)8(14)12-10(16)13(9(11)15)7-3-5-17-6-4-7/h7H,3-6H2,1-2H3,(H,12,14,16). The average molecular weight is 256 g/mol. The molecule has 0 aromatic carbocycles. The molecule has 2 rings (SSSR count). The van der Waals surface area contributed by atoms with Crippen LogP contribution < -0.4 is 5.32 Å². The van der Waals surface area contributed by atoms with Crippen LogP contribution in [0, 0.1) is 5.41 Å². The van der Waals surface area contributed by atoms with Gasteiger partial charge in [-0.25, -0.2) is 4.79 Å². The fourth-order valence-electron chi connectivity index (χ4n) is 2.08. The molecule has 17 heavy (non-hydrogen) atoms. The molecule has 4 amide bonds. The first kappa shape index (κ1) is 12.4. The van der Waals surface area contributed by atoms with Gasteiger partial charge in [-0.3, -0.25) is 19.8 Å². The van der Waals surface area contributed by atoms with E-state index in [-0.39, 0.29) is 11.9 Å². The molecule has 0 bridgehead atoms. The quantitative estimate of drug-likeness (QED) is 0.710. The van der Waals surface area contributed by atoms with Crippen molar-refractivity contribution < 1.29 is 14.4 Å². The van der Waals surface area contributed by atoms with Gasteiger partial charge in [0.05, 0.1) is 0 Å². The van der Waals surface area contributed by atoms with E-state index in [2.05, 4.69) is 5.32 Å². The van der Waals surface area contributed by atoms with Gasteiger partial charge in [0.25, 0.3) is 0 Å². The Morgan fingerprint density at radius 1 is 1.24 bits per heavy atom. The highest BCUT2D eigenvalue weighted by Gasteiger charge is 2.49. The Balaban J connectivity index is 2.23. The van der Waals surface area contributed by atoms with Crippen LogP contribution in [0.5, 0.6) is 0 Å². The molecule has 0 spiro atoms. The number of barbiturate groups is 1. The number of nitrogens with one attached hydrogen (secondary N) is 1. The molecule has 0 aliphatic carbocycles. The molecule has 2 saturated heterocycles. The van der Waals surface area contributed by atoms with Crippen LogP contribution in [0.2, 0.25) is 0 Å². The van der Waals surface area contributed by atoms with E-state index in [0.717, 1.165) is 24.3 Å². The predicted octanol–water partition coefficient (Wildman–Crippen LogP) is 0.987. The maximum Gasteiger partial charge on any atom is 0.331 e. The molecule has 0 aromatic rings. The van der Waals surface area contributed by atoms with Gasteiger partial charge in [-0.2, -0.15) is 11.8 Å². The highest BCUT2D eigenvalue weighted by atomic mass is 32.2. The molecule has 6 heteroatoms. The first-order chi connectivity index (χ1) is 7.94. The zero-order valence-corrected chi connectivity index (χ0v) is 10.8. The number of rotatable bonds is 1. The van der Waals surface area contributed by atoms with Crippen LogP contribution >= 0.6 is 11.8 Å². The van der Waals surface area contributed by atoms with Gasteiger partial charge >= 0.3 is 6.03 Å². The number of thioether (sulfide) groups is 1. The lowest BCUT2D eigenvalue weighted by atomic mass is 9.87. The molecule has 2 fully saturated rings. The topological polar surface area (TPSA) is 66.5 Å². The summed E-state index contributed by atoms with van der Waals surface area (Å²) in [5.74, 6) is 1.03. The van der Waals surface area contributed by atoms with E-state index >= 15 is 0 Å². The second-order valence-electron chi connectivity index (χ2n) is 4.90. The summed E-state index contributed by atoms with van der Waals surface area (Å²) in [4.78, 5) is 36.8. The number of amides is 4. The minimum atomic E-state index is -1.14. The van der Waals surface area contributed by atoms with Gasteiger partial charge in [0.2, 0.25) is 11.8 Å². The maximum absolute atomic E-state index is 12.2. The highest BCUT2D eigenvalue weighted by molar-refractivity contribution is 7.99. The van der Waals surface area contributed by atoms with Crippen molar-refractivity contribution in [2.75, 3.05) is 11.5 Å². The Labute approximate surface area is 104 Å². The molecule has 0 radical (unpaired) electrons. The van der Waals surface area contributed by atoms with Gasteiger partial charge in [-0.15, -0.1) is 0 Å². The molecule has 0 aromatic heterocycles. The normalized spacial score (nSPS) is 26.0. The molecule has 2 aliphatic heterocycles. The predicted molar refractivity (Wildman–Crippen MR) is 64.5 cm³/mol. The lowest BCUT2D eigenvalue weighted by molar-refractivity contribution is -0.150. The largest absolute Gasteiger partial charge is 0.331 e. The van der Waals surface area contributed by atoms with Gasteiger partial charge in [0, 0.05) is 6.04 Å². The van der Waals surface area contributed by atoms with Crippen molar-refractivity contribution in [3.8, 4) is 0 Å². The van der Waals surface area contributed by atoms with Crippen molar-refractivity contribution in [3.05, 3.63) is 0 Å². The summed E-state index contributed by atoms with van der Waals surface area (Å²) in [5.41, 5.74) is -1.14. The number of carbonyl (C=O) groups is 3. The average Bonchev–Trinajstić information content (AvgIpc) is 2.28. The van der Waals surface area contributed by atoms with Crippen LogP contribution in [-0.4, -0.2) is 40.3 Å². The van der Waals surface area contributed by atoms with E-state index in [9.17, 15) is 14.4 Å². The van der Waals surface area contributed by atoms with E-state index < -0.39 is 17.4 Å². The molecular formula is C11H16N2O3S. The summed E-state index contributed by atoms with van der Waals surface area (Å²) in [5, 5.41) is 2.27. The number of carbonyl (C=O) groups excluding carboxylic acids is 3. The summed E-state index contributed by atoms with van der Waals surface area (Å²) in [6, 6.07) is -0.618. The van der Waals surface area contributed by atoms with Gasteiger partial charge in [-0.1, -0.05) is 0 Å². The first-order valence-electron chi connectivity index (χ1n) is 5.71. The van der Waals surface area contributed by atoms with Gasteiger partial charge < -0.3 is 0 Å². The molecule has 2 heterocycles. The molecule has 5 nitrogen and oxygen atoms in total. The Morgan fingerprint density at radius 3 is 2.41 bits per heavy atom. The van der Waals surface area contributed by atoms with Crippen molar-refractivity contribution in [2.45, 2.75) is 32.7 Å². The van der Waals surface area contributed by atoms with Gasteiger partial charge in [-0.05, 0) is 38.2 Å². The third-order valence-corrected chi connectivity index (χ3v) is 4.37. The molecule has 1 N–H and O–H groups in total. The molecule has 2 aliphatic rings. The van der Waals surface area contributed by atoms with Crippen LogP contribution in [0.15, 0.2) is 0 Å². The van der Waals surface area contributed by atoms with Gasteiger partial charge in [0.15, 0.2) is 0 Å². The summed E-state index contributed by atoms with van der Waals surface area (Å²) in [6.07, 6.45) is 1.63. The van der Waals surface area contributed by atoms with Crippen molar-refractivity contribution in [3.63, 3.8) is 0 Å². The number of hydrogen-bond acceptors (Lipinski definition) is 4. The molecule has 94 valence electrons. The van der Waals surface area contributed by atoms with E-state index in [1.54, 1.807) is 13.8 Å². The molecule has 0 atom stereocenters. The first-order valence-corrected chi connectivity index (χ1v) is 6.87. The Kier molecular flexibility index (Phi) is 3.16. The lowest BCUT2D eigenvalue weighted by Crippen LogP contribution is -2.64. The summed E-state index contributed by atoms with van der Waals surface area (Å²) < 4.78 is 0. The van der Waals surface area contributed by atoms with E-state index in [0.29, 0.717) is 0 Å². The van der Waals surface area contributed by atoms with E-state index in [4.69, 9.17) is 0 Å². The number of hydrogen-bond donors (Lipinski definition) is 1. The second-order valence-corrected chi connectivity index (χ2v) is 6.13. The zero-order valence-electron chi connectivity index (χ0n) is 9.99. The highest BCUT2D eigenvalue weighted by Crippen LogP contribution is 2.29. The van der Waals surface area contributed by atoms with Crippen molar-refractivity contribution in [2.24, 2.45) is 5.41 Å². The number of nitrogens with zero attached hydrogens (tertiary/aromatic N) is 1. The molecular weight excluding hydrogens is 240 g/mol. The maximum atomic E-state index is 12.2. The second kappa shape index (κ2) is 4.33. The van der Waals surface area contributed by atoms with Crippen LogP contribution in [0.1, 0.15) is 26.7 Å². The number of imide groups is 2. The SMILES string of the molecule is CC1(C)C(=O)NC(=O)N(C2CCSCC2)C1=O. The number of urea groups is 1. The van der Waals surface area contributed by atoms with Crippen LogP contribution in [0.4, 0.5) is 4.79 Å². The summed E-state index contributed by atoms with van der Waals surface area (Å²) in [7, 11) is 0. The van der Waals surface area contributed by atoms with Crippen molar-refractivity contribution in [1.29, 1.82) is 0 Å². The monoisotopic (exact) mass is 256 g/mol. The lowest BCUT2D eigenvalue weighted by Gasteiger charge is -2.40. The minimum Gasteiger partial charge on any atom is -0.277 e. The Hall–Kier alpha value is -1.04. The molecule has 0 saturated carbocycles. The zero-order chi connectivity index (χ0) is 12.6. The fourth-order valence-corrected chi connectivity index (χ4v) is 3.16. The van der Waals surface area contributed by atoms with E-state index in [1.165, 1.54) is 4.90 Å². The van der Waals surface area contributed by atoms with Crippen LogP contribution in [0.3, 0.4) is 0 Å². The Morgan fingerprint density at radius 2 is 1.82 bits per heavy atom. The summed E-state index contributed by atoms with van der Waals surface area (Å²) in [6.45, 7) is 3.11. The van der Waals surface area contributed by atoms with Crippen molar-refractivity contribution >= 4 is 29.6 Å². The van der Waals surface area contributed by atoms with Crippen molar-refractivity contribution in [1.82, 2.24) is 10.2 Å². The Bertz CT molecular complexity index is 375. The van der Waals surface area contributed by atoms with Crippen LogP contribution in [-0.2, 0) is 9.59 Å². The van der Waals surface area contributed by atoms with Crippen LogP contribution in [0.25, 0.3) is 0 Å². The van der Waals surface area contributed by atoms with E-state index in [1.807, 2.05) is 11.8 Å². The summed E-state index contributed by atoms with van der Waals surface area (Å²) >= 11 is 1.83. The van der Waals surface area contributed by atoms with Gasteiger partial charge in [0.1, 0.15) is 5.41 Å². The third kappa shape index (κ3) is 2.06. The smallest absolute Gasteiger partial charge is 0.277 e.